The summed E-state index contributed by atoms with van der Waals surface area (Å²) >= 11 is 0. The van der Waals surface area contributed by atoms with Crippen LogP contribution in [0.3, 0.4) is 0 Å². The molecule has 0 spiro atoms. The van der Waals surface area contributed by atoms with Crippen molar-refractivity contribution in [1.82, 2.24) is 20.0 Å². The minimum atomic E-state index is -0.258. The third kappa shape index (κ3) is 6.24. The number of carbonyl (C=O) groups excluding carboxylic acids is 2. The number of anilines is 1. The van der Waals surface area contributed by atoms with Gasteiger partial charge in [-0.05, 0) is 42.3 Å². The molecular formula is C28H35N5O5. The lowest BCUT2D eigenvalue weighted by Crippen LogP contribution is -2.52. The number of amides is 2. The van der Waals surface area contributed by atoms with Gasteiger partial charge in [-0.2, -0.15) is 0 Å². The summed E-state index contributed by atoms with van der Waals surface area (Å²) in [6.07, 6.45) is 2.39. The number of piperazine rings is 1. The second-order valence-electron chi connectivity index (χ2n) is 9.39. The number of benzene rings is 1. The Bertz CT molecular complexity index is 1210. The molecule has 1 aliphatic heterocycles. The Balaban J connectivity index is 1.36. The zero-order chi connectivity index (χ0) is 27.1. The molecule has 10 heteroatoms. The number of furan rings is 1. The maximum atomic E-state index is 13.1. The van der Waals surface area contributed by atoms with Gasteiger partial charge >= 0.3 is 0 Å². The summed E-state index contributed by atoms with van der Waals surface area (Å²) in [5.74, 6) is 2.31. The van der Waals surface area contributed by atoms with E-state index in [0.29, 0.717) is 49.9 Å². The van der Waals surface area contributed by atoms with Gasteiger partial charge in [-0.15, -0.1) is 10.2 Å². The Kier molecular flexibility index (Phi) is 8.83. The molecule has 4 rings (SSSR count). The van der Waals surface area contributed by atoms with Crippen LogP contribution in [0.5, 0.6) is 11.5 Å². The highest BCUT2D eigenvalue weighted by atomic mass is 16.5. The summed E-state index contributed by atoms with van der Waals surface area (Å²) in [6, 6.07) is 12.7. The summed E-state index contributed by atoms with van der Waals surface area (Å²) in [7, 11) is 3.22. The molecule has 0 N–H and O–H groups in total. The zero-order valence-corrected chi connectivity index (χ0v) is 22.4. The highest BCUT2D eigenvalue weighted by molar-refractivity contribution is 5.94. The molecule has 2 amide bonds. The average Bonchev–Trinajstić information content (AvgIpc) is 3.51. The van der Waals surface area contributed by atoms with E-state index in [-0.39, 0.29) is 30.0 Å². The number of carbonyl (C=O) groups is 2. The Morgan fingerprint density at radius 1 is 1.05 bits per heavy atom. The first kappa shape index (κ1) is 27.0. The number of hydrogen-bond donors (Lipinski definition) is 0. The van der Waals surface area contributed by atoms with Crippen LogP contribution in [-0.2, 0) is 4.79 Å². The van der Waals surface area contributed by atoms with Gasteiger partial charge in [-0.25, -0.2) is 0 Å². The van der Waals surface area contributed by atoms with Gasteiger partial charge in [0.05, 0.1) is 26.2 Å². The summed E-state index contributed by atoms with van der Waals surface area (Å²) < 4.78 is 16.1. The largest absolute Gasteiger partial charge is 0.497 e. The van der Waals surface area contributed by atoms with Gasteiger partial charge < -0.3 is 28.6 Å². The molecule has 10 nitrogen and oxygen atoms in total. The second kappa shape index (κ2) is 12.4. The highest BCUT2D eigenvalue weighted by Crippen LogP contribution is 2.32. The lowest BCUT2D eigenvalue weighted by atomic mass is 10.1. The number of ether oxygens (including phenoxy) is 2. The lowest BCUT2D eigenvalue weighted by molar-refractivity contribution is -0.132. The van der Waals surface area contributed by atoms with Crippen LogP contribution in [0.2, 0.25) is 0 Å². The minimum Gasteiger partial charge on any atom is -0.497 e. The van der Waals surface area contributed by atoms with Gasteiger partial charge in [0.25, 0.3) is 5.91 Å². The fourth-order valence-electron chi connectivity index (χ4n) is 4.38. The number of nitrogens with zero attached hydrogens (tertiary/aromatic N) is 5. The minimum absolute atomic E-state index is 0.0298. The van der Waals surface area contributed by atoms with Crippen molar-refractivity contribution in [2.24, 2.45) is 5.92 Å². The van der Waals surface area contributed by atoms with Crippen molar-refractivity contribution in [2.45, 2.75) is 20.3 Å². The van der Waals surface area contributed by atoms with E-state index >= 15 is 0 Å². The maximum Gasteiger partial charge on any atom is 0.290 e. The summed E-state index contributed by atoms with van der Waals surface area (Å²) in [6.45, 7) is 7.02. The van der Waals surface area contributed by atoms with Crippen molar-refractivity contribution < 1.29 is 23.5 Å². The van der Waals surface area contributed by atoms with Crippen molar-refractivity contribution in [3.8, 4) is 22.8 Å². The smallest absolute Gasteiger partial charge is 0.290 e. The van der Waals surface area contributed by atoms with Crippen LogP contribution >= 0.6 is 0 Å². The third-order valence-electron chi connectivity index (χ3n) is 6.87. The first-order chi connectivity index (χ1) is 18.4. The molecule has 1 atom stereocenters. The predicted molar refractivity (Wildman–Crippen MR) is 143 cm³/mol. The maximum absolute atomic E-state index is 13.1. The van der Waals surface area contributed by atoms with E-state index in [4.69, 9.17) is 13.9 Å². The number of hydrogen-bond acceptors (Lipinski definition) is 8. The lowest BCUT2D eigenvalue weighted by Gasteiger charge is -2.36. The molecule has 0 aliphatic carbocycles. The van der Waals surface area contributed by atoms with Crippen molar-refractivity contribution in [1.29, 1.82) is 0 Å². The molecular weight excluding hydrogens is 486 g/mol. The van der Waals surface area contributed by atoms with Gasteiger partial charge in [-0.3, -0.25) is 9.59 Å². The van der Waals surface area contributed by atoms with Gasteiger partial charge in [0.1, 0.15) is 18.0 Å². The van der Waals surface area contributed by atoms with E-state index in [1.807, 2.05) is 30.3 Å². The summed E-state index contributed by atoms with van der Waals surface area (Å²) in [4.78, 5) is 31.6. The van der Waals surface area contributed by atoms with Gasteiger partial charge in [0.15, 0.2) is 11.6 Å². The van der Waals surface area contributed by atoms with E-state index < -0.39 is 0 Å². The molecule has 2 aromatic heterocycles. The van der Waals surface area contributed by atoms with Crippen LogP contribution in [0.25, 0.3) is 11.3 Å². The van der Waals surface area contributed by atoms with E-state index in [2.05, 4.69) is 28.9 Å². The molecule has 1 saturated heterocycles. The van der Waals surface area contributed by atoms with Crippen LogP contribution in [0.4, 0.5) is 5.82 Å². The van der Waals surface area contributed by atoms with Crippen LogP contribution in [0.15, 0.2) is 53.1 Å². The van der Waals surface area contributed by atoms with E-state index in [0.717, 1.165) is 17.8 Å². The molecule has 202 valence electrons. The molecule has 3 heterocycles. The molecule has 1 aliphatic rings. The molecule has 0 bridgehead atoms. The van der Waals surface area contributed by atoms with Crippen LogP contribution in [-0.4, -0.2) is 85.3 Å². The van der Waals surface area contributed by atoms with Gasteiger partial charge in [0.2, 0.25) is 5.91 Å². The zero-order valence-electron chi connectivity index (χ0n) is 22.4. The normalized spacial score (nSPS) is 14.2. The Labute approximate surface area is 223 Å². The second-order valence-corrected chi connectivity index (χ2v) is 9.39. The van der Waals surface area contributed by atoms with Crippen molar-refractivity contribution in [3.05, 3.63) is 54.5 Å². The van der Waals surface area contributed by atoms with Crippen molar-refractivity contribution >= 4 is 17.6 Å². The number of methoxy groups -OCH3 is 2. The van der Waals surface area contributed by atoms with Crippen molar-refractivity contribution in [2.75, 3.05) is 58.4 Å². The highest BCUT2D eigenvalue weighted by Gasteiger charge is 2.27. The fraction of sp³-hybridized carbons (Fsp3) is 0.429. The SMILES string of the molecule is CC[C@H](C)CN(CC(=O)N1CCN(c2ccc(-c3ccc(OC)cc3OC)nn2)CC1)C(=O)c1ccco1. The van der Waals surface area contributed by atoms with E-state index in [9.17, 15) is 9.59 Å². The Morgan fingerprint density at radius 3 is 2.45 bits per heavy atom. The topological polar surface area (TPSA) is 101 Å². The average molecular weight is 522 g/mol. The van der Waals surface area contributed by atoms with Gasteiger partial charge in [-0.1, -0.05) is 20.3 Å². The first-order valence-corrected chi connectivity index (χ1v) is 12.8. The quantitative estimate of drug-likeness (QED) is 0.399. The van der Waals surface area contributed by atoms with Crippen LogP contribution < -0.4 is 14.4 Å². The van der Waals surface area contributed by atoms with Crippen LogP contribution in [0.1, 0.15) is 30.8 Å². The standard InChI is InChI=1S/C28H35N5O5/c1-5-20(2)18-33(28(35)24-7-6-16-38-24)19-27(34)32-14-12-31(13-15-32)26-11-10-23(29-30-26)22-9-8-21(36-3)17-25(22)37-4/h6-11,16-17,20H,5,12-15,18-19H2,1-4H3/t20-/m0/s1. The number of rotatable bonds is 10. The van der Waals surface area contributed by atoms with Crippen molar-refractivity contribution in [3.63, 3.8) is 0 Å². The Morgan fingerprint density at radius 2 is 1.84 bits per heavy atom. The molecule has 0 unspecified atom stereocenters. The Hall–Kier alpha value is -4.08. The summed E-state index contributed by atoms with van der Waals surface area (Å²) in [5.41, 5.74) is 1.53. The third-order valence-corrected chi connectivity index (χ3v) is 6.87. The molecule has 3 aromatic rings. The predicted octanol–water partition coefficient (Wildman–Crippen LogP) is 3.59. The monoisotopic (exact) mass is 521 g/mol. The molecule has 1 fully saturated rings. The molecule has 0 radical (unpaired) electrons. The van der Waals surface area contributed by atoms with Crippen LogP contribution in [0, 0.1) is 5.92 Å². The van der Waals surface area contributed by atoms with E-state index in [1.165, 1.54) is 6.26 Å². The summed E-state index contributed by atoms with van der Waals surface area (Å²) in [5, 5.41) is 8.85. The molecule has 38 heavy (non-hydrogen) atoms. The fourth-order valence-corrected chi connectivity index (χ4v) is 4.38. The number of aromatic nitrogens is 2. The molecule has 1 aromatic carbocycles. The first-order valence-electron chi connectivity index (χ1n) is 12.8. The van der Waals surface area contributed by atoms with E-state index in [1.54, 1.807) is 36.2 Å². The van der Waals surface area contributed by atoms with Gasteiger partial charge in [0, 0.05) is 44.4 Å². The molecule has 0 saturated carbocycles.